The second-order valence-electron chi connectivity index (χ2n) is 4.68. The molecule has 0 radical (unpaired) electrons. The largest absolute Gasteiger partial charge is 0.302 e. The Kier molecular flexibility index (Phi) is 4.66. The molecule has 0 aliphatic heterocycles. The Bertz CT molecular complexity index is 521. The first-order valence-corrected chi connectivity index (χ1v) is 7.38. The van der Waals surface area contributed by atoms with Crippen molar-refractivity contribution in [3.05, 3.63) is 51.7 Å². The highest BCUT2D eigenvalue weighted by atomic mass is 32.1. The standard InChI is InChI=1S/C15H19FN2S/c1-4-14-9-17-15(19-14)11(3)18-10(2)12-5-7-13(16)8-6-12/h5-11,18H,4H2,1-3H3. The molecule has 2 aromatic rings. The van der Waals surface area contributed by atoms with Gasteiger partial charge in [0.25, 0.3) is 0 Å². The predicted molar refractivity (Wildman–Crippen MR) is 77.9 cm³/mol. The fraction of sp³-hybridized carbons (Fsp3) is 0.400. The minimum Gasteiger partial charge on any atom is -0.302 e. The first kappa shape index (κ1) is 14.2. The van der Waals surface area contributed by atoms with Crippen LogP contribution in [-0.2, 0) is 6.42 Å². The van der Waals surface area contributed by atoms with Crippen LogP contribution in [0.25, 0.3) is 0 Å². The molecule has 102 valence electrons. The second-order valence-corrected chi connectivity index (χ2v) is 5.83. The molecule has 0 amide bonds. The summed E-state index contributed by atoms with van der Waals surface area (Å²) < 4.78 is 12.9. The summed E-state index contributed by atoms with van der Waals surface area (Å²) in [5.74, 6) is -0.198. The van der Waals surface area contributed by atoms with Gasteiger partial charge in [-0.2, -0.15) is 0 Å². The van der Waals surface area contributed by atoms with Gasteiger partial charge in [0.15, 0.2) is 0 Å². The SMILES string of the molecule is CCc1cnc(C(C)NC(C)c2ccc(F)cc2)s1. The summed E-state index contributed by atoms with van der Waals surface area (Å²) in [6, 6.07) is 7.00. The fourth-order valence-corrected chi connectivity index (χ4v) is 2.85. The fourth-order valence-electron chi connectivity index (χ4n) is 1.98. The van der Waals surface area contributed by atoms with E-state index in [-0.39, 0.29) is 17.9 Å². The first-order valence-electron chi connectivity index (χ1n) is 6.56. The minimum atomic E-state index is -0.198. The quantitative estimate of drug-likeness (QED) is 0.884. The van der Waals surface area contributed by atoms with Gasteiger partial charge in [-0.1, -0.05) is 19.1 Å². The van der Waals surface area contributed by atoms with Crippen LogP contribution >= 0.6 is 11.3 Å². The molecule has 1 aromatic carbocycles. The molecule has 2 unspecified atom stereocenters. The number of aromatic nitrogens is 1. The summed E-state index contributed by atoms with van der Waals surface area (Å²) in [6.45, 7) is 6.33. The Balaban J connectivity index is 2.01. The molecule has 0 bridgehead atoms. The maximum Gasteiger partial charge on any atom is 0.123 e. The molecule has 0 fully saturated rings. The van der Waals surface area contributed by atoms with Crippen LogP contribution in [0.5, 0.6) is 0 Å². The van der Waals surface area contributed by atoms with Crippen molar-refractivity contribution in [2.45, 2.75) is 39.3 Å². The maximum absolute atomic E-state index is 12.9. The predicted octanol–water partition coefficient (Wildman–Crippen LogP) is 4.26. The highest BCUT2D eigenvalue weighted by Gasteiger charge is 2.14. The summed E-state index contributed by atoms with van der Waals surface area (Å²) in [4.78, 5) is 5.75. The highest BCUT2D eigenvalue weighted by Crippen LogP contribution is 2.23. The number of nitrogens with one attached hydrogen (secondary N) is 1. The van der Waals surface area contributed by atoms with E-state index in [1.807, 2.05) is 18.3 Å². The van der Waals surface area contributed by atoms with Crippen molar-refractivity contribution in [3.63, 3.8) is 0 Å². The zero-order chi connectivity index (χ0) is 13.8. The van der Waals surface area contributed by atoms with Crippen LogP contribution in [-0.4, -0.2) is 4.98 Å². The summed E-state index contributed by atoms with van der Waals surface area (Å²) in [5.41, 5.74) is 1.08. The number of hydrogen-bond acceptors (Lipinski definition) is 3. The molecule has 0 spiro atoms. The third kappa shape index (κ3) is 3.61. The molecule has 2 nitrogen and oxygen atoms in total. The lowest BCUT2D eigenvalue weighted by atomic mass is 10.1. The van der Waals surface area contributed by atoms with E-state index < -0.39 is 0 Å². The number of nitrogens with zero attached hydrogens (tertiary/aromatic N) is 1. The molecule has 0 saturated carbocycles. The van der Waals surface area contributed by atoms with Crippen LogP contribution in [0.1, 0.15) is 48.3 Å². The van der Waals surface area contributed by atoms with Crippen molar-refractivity contribution in [1.29, 1.82) is 0 Å². The lowest BCUT2D eigenvalue weighted by Crippen LogP contribution is -2.22. The van der Waals surface area contributed by atoms with Gasteiger partial charge in [-0.3, -0.25) is 0 Å². The molecule has 0 saturated heterocycles. The zero-order valence-corrected chi connectivity index (χ0v) is 12.3. The number of thiazole rings is 1. The number of benzene rings is 1. The molecular weight excluding hydrogens is 259 g/mol. The Morgan fingerprint density at radius 3 is 2.47 bits per heavy atom. The van der Waals surface area contributed by atoms with E-state index in [0.717, 1.165) is 17.0 Å². The zero-order valence-electron chi connectivity index (χ0n) is 11.5. The van der Waals surface area contributed by atoms with Crippen molar-refractivity contribution < 1.29 is 4.39 Å². The van der Waals surface area contributed by atoms with Crippen molar-refractivity contribution in [1.82, 2.24) is 10.3 Å². The smallest absolute Gasteiger partial charge is 0.123 e. The molecule has 0 aliphatic carbocycles. The van der Waals surface area contributed by atoms with Crippen LogP contribution in [0.4, 0.5) is 4.39 Å². The van der Waals surface area contributed by atoms with Crippen molar-refractivity contribution in [3.8, 4) is 0 Å². The van der Waals surface area contributed by atoms with Gasteiger partial charge in [0.05, 0.1) is 6.04 Å². The van der Waals surface area contributed by atoms with Gasteiger partial charge in [-0.25, -0.2) is 9.37 Å². The van der Waals surface area contributed by atoms with E-state index in [1.165, 1.54) is 17.0 Å². The van der Waals surface area contributed by atoms with Gasteiger partial charge in [-0.05, 0) is 38.0 Å². The molecule has 0 aliphatic rings. The Morgan fingerprint density at radius 2 is 1.89 bits per heavy atom. The van der Waals surface area contributed by atoms with Gasteiger partial charge in [-0.15, -0.1) is 11.3 Å². The normalized spacial score (nSPS) is 14.3. The second kappa shape index (κ2) is 6.26. The molecule has 1 N–H and O–H groups in total. The number of aryl methyl sites for hydroxylation is 1. The van der Waals surface area contributed by atoms with E-state index in [0.29, 0.717) is 0 Å². The molecule has 2 atom stereocenters. The topological polar surface area (TPSA) is 24.9 Å². The molecular formula is C15H19FN2S. The monoisotopic (exact) mass is 278 g/mol. The van der Waals surface area contributed by atoms with E-state index in [1.54, 1.807) is 11.3 Å². The highest BCUT2D eigenvalue weighted by molar-refractivity contribution is 7.11. The van der Waals surface area contributed by atoms with Crippen LogP contribution < -0.4 is 5.32 Å². The molecule has 2 rings (SSSR count). The maximum atomic E-state index is 12.9. The first-order chi connectivity index (χ1) is 9.10. The third-order valence-corrected chi connectivity index (χ3v) is 4.48. The van der Waals surface area contributed by atoms with Crippen LogP contribution in [0.3, 0.4) is 0 Å². The number of halogens is 1. The minimum absolute atomic E-state index is 0.171. The van der Waals surface area contributed by atoms with E-state index in [4.69, 9.17) is 0 Å². The lowest BCUT2D eigenvalue weighted by Gasteiger charge is -2.18. The lowest BCUT2D eigenvalue weighted by molar-refractivity contribution is 0.492. The molecule has 19 heavy (non-hydrogen) atoms. The Labute approximate surface area is 117 Å². The van der Waals surface area contributed by atoms with Crippen LogP contribution in [0.15, 0.2) is 30.5 Å². The van der Waals surface area contributed by atoms with Gasteiger partial charge >= 0.3 is 0 Å². The third-order valence-electron chi connectivity index (χ3n) is 3.16. The molecule has 1 aromatic heterocycles. The van der Waals surface area contributed by atoms with Gasteiger partial charge in [0.1, 0.15) is 10.8 Å². The summed E-state index contributed by atoms with van der Waals surface area (Å²) in [7, 11) is 0. The van der Waals surface area contributed by atoms with Gasteiger partial charge < -0.3 is 5.32 Å². The average Bonchev–Trinajstić information content (AvgIpc) is 2.88. The van der Waals surface area contributed by atoms with E-state index >= 15 is 0 Å². The molecule has 4 heteroatoms. The van der Waals surface area contributed by atoms with Crippen molar-refractivity contribution >= 4 is 11.3 Å². The number of rotatable bonds is 5. The Morgan fingerprint density at radius 1 is 1.21 bits per heavy atom. The summed E-state index contributed by atoms with van der Waals surface area (Å²) in [6.07, 6.45) is 2.97. The van der Waals surface area contributed by atoms with Gasteiger partial charge in [0, 0.05) is 17.1 Å². The summed E-state index contributed by atoms with van der Waals surface area (Å²) >= 11 is 1.75. The van der Waals surface area contributed by atoms with Gasteiger partial charge in [0.2, 0.25) is 0 Å². The van der Waals surface area contributed by atoms with Crippen molar-refractivity contribution in [2.75, 3.05) is 0 Å². The van der Waals surface area contributed by atoms with E-state index in [9.17, 15) is 4.39 Å². The average molecular weight is 278 g/mol. The molecule has 1 heterocycles. The van der Waals surface area contributed by atoms with Crippen LogP contribution in [0, 0.1) is 5.82 Å². The number of hydrogen-bond donors (Lipinski definition) is 1. The van der Waals surface area contributed by atoms with Crippen molar-refractivity contribution in [2.24, 2.45) is 0 Å². The summed E-state index contributed by atoms with van der Waals surface area (Å²) in [5, 5.41) is 4.60. The van der Waals surface area contributed by atoms with Crippen LogP contribution in [0.2, 0.25) is 0 Å². The van der Waals surface area contributed by atoms with E-state index in [2.05, 4.69) is 31.1 Å². The Hall–Kier alpha value is -1.26.